The van der Waals surface area contributed by atoms with Gasteiger partial charge in [0, 0.05) is 6.54 Å². The Morgan fingerprint density at radius 2 is 1.57 bits per heavy atom. The van der Waals surface area contributed by atoms with Gasteiger partial charge in [-0.15, -0.1) is 0 Å². The van der Waals surface area contributed by atoms with Crippen LogP contribution in [-0.2, 0) is 12.8 Å². The third-order valence-electron chi connectivity index (χ3n) is 3.65. The Morgan fingerprint density at radius 1 is 0.957 bits per heavy atom. The first kappa shape index (κ1) is 17.0. The lowest BCUT2D eigenvalue weighted by Gasteiger charge is -2.17. The summed E-state index contributed by atoms with van der Waals surface area (Å²) in [6, 6.07) is 19.5. The fourth-order valence-corrected chi connectivity index (χ4v) is 2.44. The van der Waals surface area contributed by atoms with E-state index in [2.05, 4.69) is 22.8 Å². The maximum atomic E-state index is 11.9. The quantitative estimate of drug-likeness (QED) is 0.656. The molecule has 0 bridgehead atoms. The van der Waals surface area contributed by atoms with Gasteiger partial charge < -0.3 is 15.7 Å². The SMILES string of the molecule is O=C(NCCCc1ccccc1)NC(CO)Cc1ccccc1. The normalized spacial score (nSPS) is 11.7. The van der Waals surface area contributed by atoms with Gasteiger partial charge in [-0.1, -0.05) is 60.7 Å². The minimum Gasteiger partial charge on any atom is -0.394 e. The summed E-state index contributed by atoms with van der Waals surface area (Å²) in [6.45, 7) is 0.538. The van der Waals surface area contributed by atoms with Crippen LogP contribution in [0.3, 0.4) is 0 Å². The number of hydrogen-bond donors (Lipinski definition) is 3. The average Bonchev–Trinajstić information content (AvgIpc) is 2.60. The summed E-state index contributed by atoms with van der Waals surface area (Å²) in [5, 5.41) is 15.1. The van der Waals surface area contributed by atoms with Gasteiger partial charge in [0.1, 0.15) is 0 Å². The monoisotopic (exact) mass is 312 g/mol. The van der Waals surface area contributed by atoms with Crippen LogP contribution in [0, 0.1) is 0 Å². The molecule has 0 spiro atoms. The highest BCUT2D eigenvalue weighted by molar-refractivity contribution is 5.74. The molecule has 0 fully saturated rings. The van der Waals surface area contributed by atoms with Gasteiger partial charge >= 0.3 is 6.03 Å². The third kappa shape index (κ3) is 6.53. The molecule has 0 radical (unpaired) electrons. The highest BCUT2D eigenvalue weighted by Gasteiger charge is 2.11. The van der Waals surface area contributed by atoms with Crippen LogP contribution in [0.1, 0.15) is 17.5 Å². The van der Waals surface area contributed by atoms with E-state index in [0.29, 0.717) is 13.0 Å². The summed E-state index contributed by atoms with van der Waals surface area (Å²) in [4.78, 5) is 11.9. The van der Waals surface area contributed by atoms with Crippen LogP contribution in [0.25, 0.3) is 0 Å². The number of nitrogens with one attached hydrogen (secondary N) is 2. The van der Waals surface area contributed by atoms with Crippen molar-refractivity contribution in [2.75, 3.05) is 13.2 Å². The van der Waals surface area contributed by atoms with Gasteiger partial charge in [0.15, 0.2) is 0 Å². The molecule has 23 heavy (non-hydrogen) atoms. The van der Waals surface area contributed by atoms with E-state index in [1.165, 1.54) is 5.56 Å². The zero-order valence-electron chi connectivity index (χ0n) is 13.2. The Hall–Kier alpha value is -2.33. The van der Waals surface area contributed by atoms with Crippen LogP contribution in [0.5, 0.6) is 0 Å². The zero-order valence-corrected chi connectivity index (χ0v) is 13.2. The highest BCUT2D eigenvalue weighted by Crippen LogP contribution is 2.03. The van der Waals surface area contributed by atoms with E-state index in [4.69, 9.17) is 0 Å². The molecule has 2 aromatic carbocycles. The molecule has 4 heteroatoms. The maximum Gasteiger partial charge on any atom is 0.315 e. The number of aryl methyl sites for hydroxylation is 1. The molecule has 0 aliphatic rings. The number of aliphatic hydroxyl groups excluding tert-OH is 1. The Labute approximate surface area is 137 Å². The molecule has 0 aliphatic heterocycles. The van der Waals surface area contributed by atoms with Crippen molar-refractivity contribution in [2.24, 2.45) is 0 Å². The van der Waals surface area contributed by atoms with E-state index in [9.17, 15) is 9.90 Å². The van der Waals surface area contributed by atoms with Crippen molar-refractivity contribution in [1.82, 2.24) is 10.6 Å². The number of carbonyl (C=O) groups is 1. The standard InChI is InChI=1S/C19H24N2O2/c22-15-18(14-17-10-5-2-6-11-17)21-19(23)20-13-7-12-16-8-3-1-4-9-16/h1-6,8-11,18,22H,7,12-15H2,(H2,20,21,23). The molecule has 2 aromatic rings. The fourth-order valence-electron chi connectivity index (χ4n) is 2.44. The largest absolute Gasteiger partial charge is 0.394 e. The minimum atomic E-state index is -0.272. The number of carbonyl (C=O) groups excluding carboxylic acids is 1. The molecule has 4 nitrogen and oxygen atoms in total. The fraction of sp³-hybridized carbons (Fsp3) is 0.316. The van der Waals surface area contributed by atoms with Crippen LogP contribution in [0.2, 0.25) is 0 Å². The third-order valence-corrected chi connectivity index (χ3v) is 3.65. The van der Waals surface area contributed by atoms with Gasteiger partial charge in [0.05, 0.1) is 12.6 Å². The van der Waals surface area contributed by atoms with E-state index in [0.717, 1.165) is 18.4 Å². The lowest BCUT2D eigenvalue weighted by molar-refractivity contribution is 0.216. The molecule has 0 saturated carbocycles. The first-order valence-electron chi connectivity index (χ1n) is 8.01. The number of urea groups is 1. The summed E-state index contributed by atoms with van der Waals surface area (Å²) in [6.07, 6.45) is 2.45. The maximum absolute atomic E-state index is 11.9. The van der Waals surface area contributed by atoms with Gasteiger partial charge in [0.2, 0.25) is 0 Å². The topological polar surface area (TPSA) is 61.4 Å². The van der Waals surface area contributed by atoms with Crippen molar-refractivity contribution in [1.29, 1.82) is 0 Å². The van der Waals surface area contributed by atoms with Gasteiger partial charge in [-0.05, 0) is 30.4 Å². The summed E-state index contributed by atoms with van der Waals surface area (Å²) >= 11 is 0. The van der Waals surface area contributed by atoms with Crippen molar-refractivity contribution in [2.45, 2.75) is 25.3 Å². The zero-order chi connectivity index (χ0) is 16.3. The van der Waals surface area contributed by atoms with E-state index < -0.39 is 0 Å². The Balaban J connectivity index is 1.66. The predicted octanol–water partition coefficient (Wildman–Crippen LogP) is 2.52. The Morgan fingerprint density at radius 3 is 2.17 bits per heavy atom. The van der Waals surface area contributed by atoms with Crippen molar-refractivity contribution >= 4 is 6.03 Å². The molecule has 0 aromatic heterocycles. The van der Waals surface area contributed by atoms with E-state index >= 15 is 0 Å². The second-order valence-corrected chi connectivity index (χ2v) is 5.56. The molecule has 0 aliphatic carbocycles. The molecule has 0 heterocycles. The number of rotatable bonds is 8. The van der Waals surface area contributed by atoms with Crippen molar-refractivity contribution < 1.29 is 9.90 Å². The molecule has 122 valence electrons. The van der Waals surface area contributed by atoms with Crippen molar-refractivity contribution in [3.8, 4) is 0 Å². The van der Waals surface area contributed by atoms with Gasteiger partial charge in [-0.25, -0.2) is 4.79 Å². The van der Waals surface area contributed by atoms with E-state index in [1.54, 1.807) is 0 Å². The van der Waals surface area contributed by atoms with Crippen LogP contribution in [-0.4, -0.2) is 30.3 Å². The summed E-state index contributed by atoms with van der Waals surface area (Å²) < 4.78 is 0. The molecule has 2 amide bonds. The molecule has 0 saturated heterocycles. The summed E-state index contributed by atoms with van der Waals surface area (Å²) in [5.74, 6) is 0. The Bertz CT molecular complexity index is 572. The van der Waals surface area contributed by atoms with Crippen molar-refractivity contribution in [3.63, 3.8) is 0 Å². The van der Waals surface area contributed by atoms with Crippen LogP contribution in [0.4, 0.5) is 4.79 Å². The summed E-state index contributed by atoms with van der Waals surface area (Å²) in [5.41, 5.74) is 2.36. The number of benzene rings is 2. The van der Waals surface area contributed by atoms with E-state index in [-0.39, 0.29) is 18.7 Å². The van der Waals surface area contributed by atoms with Gasteiger partial charge in [-0.2, -0.15) is 0 Å². The molecule has 2 rings (SSSR count). The van der Waals surface area contributed by atoms with Crippen LogP contribution in [0.15, 0.2) is 60.7 Å². The molecule has 1 atom stereocenters. The molecular formula is C19H24N2O2. The van der Waals surface area contributed by atoms with Gasteiger partial charge in [-0.3, -0.25) is 0 Å². The van der Waals surface area contributed by atoms with Crippen molar-refractivity contribution in [3.05, 3.63) is 71.8 Å². The average molecular weight is 312 g/mol. The first-order chi connectivity index (χ1) is 11.3. The first-order valence-corrected chi connectivity index (χ1v) is 8.01. The second kappa shape index (κ2) is 9.64. The number of amides is 2. The predicted molar refractivity (Wildman–Crippen MR) is 92.3 cm³/mol. The lowest BCUT2D eigenvalue weighted by Crippen LogP contribution is -2.45. The smallest absolute Gasteiger partial charge is 0.315 e. The number of hydrogen-bond acceptors (Lipinski definition) is 2. The second-order valence-electron chi connectivity index (χ2n) is 5.56. The highest BCUT2D eigenvalue weighted by atomic mass is 16.3. The van der Waals surface area contributed by atoms with Gasteiger partial charge in [0.25, 0.3) is 0 Å². The van der Waals surface area contributed by atoms with E-state index in [1.807, 2.05) is 48.5 Å². The van der Waals surface area contributed by atoms with Crippen LogP contribution < -0.4 is 10.6 Å². The summed E-state index contributed by atoms with van der Waals surface area (Å²) in [7, 11) is 0. The molecular weight excluding hydrogens is 288 g/mol. The van der Waals surface area contributed by atoms with Crippen LogP contribution >= 0.6 is 0 Å². The minimum absolute atomic E-state index is 0.0771. The lowest BCUT2D eigenvalue weighted by atomic mass is 10.1. The molecule has 1 unspecified atom stereocenters. The number of aliphatic hydroxyl groups is 1. The molecule has 3 N–H and O–H groups in total. The Kier molecular flexibility index (Phi) is 7.14.